The van der Waals surface area contributed by atoms with Crippen LogP contribution in [0.25, 0.3) is 0 Å². The topological polar surface area (TPSA) is 49.3 Å². The number of hydrogen-bond donors (Lipinski definition) is 2. The minimum atomic E-state index is -0.713. The second kappa shape index (κ2) is 8.34. The molecule has 1 aliphatic heterocycles. The second-order valence-corrected chi connectivity index (χ2v) is 6.85. The highest BCUT2D eigenvalue weighted by atomic mass is 32.2. The summed E-state index contributed by atoms with van der Waals surface area (Å²) in [7, 11) is 0. The molecule has 2 N–H and O–H groups in total. The van der Waals surface area contributed by atoms with E-state index in [0.29, 0.717) is 12.0 Å². The summed E-state index contributed by atoms with van der Waals surface area (Å²) in [6.07, 6.45) is 3.33. The molecule has 1 aliphatic rings. The Bertz CT molecular complexity index is 522. The maximum atomic E-state index is 12.9. The number of rotatable bonds is 5. The monoisotopic (exact) mass is 323 g/mol. The molecular formula is C17H22FNO2S. The maximum Gasteiger partial charge on any atom is 0.244 e. The summed E-state index contributed by atoms with van der Waals surface area (Å²) in [4.78, 5) is 12.0. The van der Waals surface area contributed by atoms with Crippen LogP contribution < -0.4 is 5.32 Å². The van der Waals surface area contributed by atoms with Crippen LogP contribution in [0.4, 0.5) is 4.39 Å². The highest BCUT2D eigenvalue weighted by molar-refractivity contribution is 7.99. The van der Waals surface area contributed by atoms with E-state index in [2.05, 4.69) is 5.32 Å². The van der Waals surface area contributed by atoms with Gasteiger partial charge in [0.05, 0.1) is 6.10 Å². The van der Waals surface area contributed by atoms with Crippen molar-refractivity contribution in [1.82, 2.24) is 5.32 Å². The average molecular weight is 323 g/mol. The Hall–Kier alpha value is -1.33. The van der Waals surface area contributed by atoms with Gasteiger partial charge in [0.2, 0.25) is 5.91 Å². The molecular weight excluding hydrogens is 301 g/mol. The van der Waals surface area contributed by atoms with Gasteiger partial charge in [-0.3, -0.25) is 4.79 Å². The molecule has 3 nitrogen and oxygen atoms in total. The third kappa shape index (κ3) is 5.46. The van der Waals surface area contributed by atoms with Gasteiger partial charge < -0.3 is 10.4 Å². The number of allylic oxidation sites excluding steroid dienone is 1. The van der Waals surface area contributed by atoms with Crippen LogP contribution in [0.1, 0.15) is 37.9 Å². The fourth-order valence-corrected chi connectivity index (χ4v) is 3.48. The molecule has 1 aromatic carbocycles. The molecule has 2 rings (SSSR count). The van der Waals surface area contributed by atoms with Gasteiger partial charge in [-0.2, -0.15) is 11.8 Å². The van der Waals surface area contributed by atoms with E-state index in [0.717, 1.165) is 24.3 Å². The first-order valence-electron chi connectivity index (χ1n) is 7.56. The van der Waals surface area contributed by atoms with Crippen LogP contribution in [0.2, 0.25) is 0 Å². The molecule has 22 heavy (non-hydrogen) atoms. The summed E-state index contributed by atoms with van der Waals surface area (Å²) < 4.78 is 12.9. The van der Waals surface area contributed by atoms with Gasteiger partial charge in [-0.05, 0) is 55.4 Å². The summed E-state index contributed by atoms with van der Waals surface area (Å²) in [5.41, 5.74) is 1.85. The summed E-state index contributed by atoms with van der Waals surface area (Å²) in [6.45, 7) is 1.86. The van der Waals surface area contributed by atoms with E-state index in [1.165, 1.54) is 17.7 Å². The molecule has 2 unspecified atom stereocenters. The number of thioether (sulfide) groups is 1. The number of carbonyl (C=O) groups is 1. The highest BCUT2D eigenvalue weighted by Gasteiger charge is 2.14. The number of aliphatic hydroxyl groups is 1. The van der Waals surface area contributed by atoms with Crippen LogP contribution in [0.5, 0.6) is 0 Å². The van der Waals surface area contributed by atoms with Gasteiger partial charge in [-0.1, -0.05) is 17.7 Å². The SMILES string of the molecule is CC(CC(O)c1ccc(F)cc1)NC(=O)C=C1CCSCC1. The molecule has 0 saturated carbocycles. The molecule has 0 bridgehead atoms. The van der Waals surface area contributed by atoms with Crippen molar-refractivity contribution in [3.05, 3.63) is 47.3 Å². The Labute approximate surface area is 135 Å². The van der Waals surface area contributed by atoms with Crippen LogP contribution in [-0.2, 0) is 4.79 Å². The number of nitrogens with one attached hydrogen (secondary N) is 1. The van der Waals surface area contributed by atoms with Crippen LogP contribution >= 0.6 is 11.8 Å². The number of benzene rings is 1. The lowest BCUT2D eigenvalue weighted by Crippen LogP contribution is -2.32. The van der Waals surface area contributed by atoms with Crippen LogP contribution in [0.3, 0.4) is 0 Å². The van der Waals surface area contributed by atoms with Crippen molar-refractivity contribution < 1.29 is 14.3 Å². The lowest BCUT2D eigenvalue weighted by atomic mass is 10.0. The first-order chi connectivity index (χ1) is 10.5. The van der Waals surface area contributed by atoms with Crippen molar-refractivity contribution in [3.63, 3.8) is 0 Å². The third-order valence-corrected chi connectivity index (χ3v) is 4.68. The fourth-order valence-electron chi connectivity index (χ4n) is 2.46. The van der Waals surface area contributed by atoms with Crippen molar-refractivity contribution in [2.75, 3.05) is 11.5 Å². The van der Waals surface area contributed by atoms with Crippen molar-refractivity contribution in [3.8, 4) is 0 Å². The highest BCUT2D eigenvalue weighted by Crippen LogP contribution is 2.22. The Morgan fingerprint density at radius 3 is 2.64 bits per heavy atom. The number of amides is 1. The quantitative estimate of drug-likeness (QED) is 0.818. The number of aliphatic hydroxyl groups excluding tert-OH is 1. The predicted molar refractivity (Wildman–Crippen MR) is 88.2 cm³/mol. The van der Waals surface area contributed by atoms with Gasteiger partial charge >= 0.3 is 0 Å². The number of hydrogen-bond acceptors (Lipinski definition) is 3. The van der Waals surface area contributed by atoms with E-state index in [-0.39, 0.29) is 17.8 Å². The molecule has 2 atom stereocenters. The summed E-state index contributed by atoms with van der Waals surface area (Å²) in [6, 6.07) is 5.63. The van der Waals surface area contributed by atoms with Crippen molar-refractivity contribution in [1.29, 1.82) is 0 Å². The van der Waals surface area contributed by atoms with E-state index < -0.39 is 6.10 Å². The Morgan fingerprint density at radius 1 is 1.36 bits per heavy atom. The Morgan fingerprint density at radius 2 is 2.00 bits per heavy atom. The van der Waals surface area contributed by atoms with Gasteiger partial charge in [0, 0.05) is 12.1 Å². The van der Waals surface area contributed by atoms with Gasteiger partial charge in [-0.25, -0.2) is 4.39 Å². The van der Waals surface area contributed by atoms with E-state index in [1.807, 2.05) is 18.7 Å². The molecule has 5 heteroatoms. The molecule has 120 valence electrons. The van der Waals surface area contributed by atoms with Gasteiger partial charge in [0.1, 0.15) is 5.82 Å². The first-order valence-corrected chi connectivity index (χ1v) is 8.71. The van der Waals surface area contributed by atoms with Crippen molar-refractivity contribution in [2.24, 2.45) is 0 Å². The molecule has 0 aromatic heterocycles. The fraction of sp³-hybridized carbons (Fsp3) is 0.471. The molecule has 1 fully saturated rings. The zero-order chi connectivity index (χ0) is 15.9. The molecule has 0 aliphatic carbocycles. The van der Waals surface area contributed by atoms with Gasteiger partial charge in [-0.15, -0.1) is 0 Å². The van der Waals surface area contributed by atoms with Crippen molar-refractivity contribution in [2.45, 2.75) is 38.3 Å². The molecule has 1 aromatic rings. The zero-order valence-corrected chi connectivity index (χ0v) is 13.5. The third-order valence-electron chi connectivity index (χ3n) is 3.69. The lowest BCUT2D eigenvalue weighted by molar-refractivity contribution is -0.117. The minimum Gasteiger partial charge on any atom is -0.388 e. The van der Waals surface area contributed by atoms with Crippen LogP contribution in [-0.4, -0.2) is 28.6 Å². The van der Waals surface area contributed by atoms with Crippen molar-refractivity contribution >= 4 is 17.7 Å². The van der Waals surface area contributed by atoms with Gasteiger partial charge in [0.25, 0.3) is 0 Å². The summed E-state index contributed by atoms with van der Waals surface area (Å²) >= 11 is 1.91. The van der Waals surface area contributed by atoms with E-state index in [9.17, 15) is 14.3 Å². The second-order valence-electron chi connectivity index (χ2n) is 5.63. The normalized spacial score (nSPS) is 17.7. The predicted octanol–water partition coefficient (Wildman–Crippen LogP) is 3.21. The number of halogens is 1. The number of carbonyl (C=O) groups excluding carboxylic acids is 1. The lowest BCUT2D eigenvalue weighted by Gasteiger charge is -2.18. The van der Waals surface area contributed by atoms with Crippen LogP contribution in [0.15, 0.2) is 35.9 Å². The summed E-state index contributed by atoms with van der Waals surface area (Å²) in [5, 5.41) is 13.0. The zero-order valence-electron chi connectivity index (χ0n) is 12.7. The van der Waals surface area contributed by atoms with E-state index in [4.69, 9.17) is 0 Å². The van der Waals surface area contributed by atoms with Crippen LogP contribution in [0, 0.1) is 5.82 Å². The standard InChI is InChI=1S/C17H22FNO2S/c1-12(10-16(20)14-2-4-15(18)5-3-14)19-17(21)11-13-6-8-22-9-7-13/h2-5,11-12,16,20H,6-10H2,1H3,(H,19,21). The first kappa shape index (κ1) is 17.0. The largest absolute Gasteiger partial charge is 0.388 e. The molecule has 1 amide bonds. The van der Waals surface area contributed by atoms with E-state index >= 15 is 0 Å². The summed E-state index contributed by atoms with van der Waals surface area (Å²) in [5.74, 6) is 1.74. The Kier molecular flexibility index (Phi) is 6.46. The van der Waals surface area contributed by atoms with Gasteiger partial charge in [0.15, 0.2) is 0 Å². The molecule has 1 heterocycles. The Balaban J connectivity index is 1.82. The smallest absolute Gasteiger partial charge is 0.244 e. The average Bonchev–Trinajstić information content (AvgIpc) is 2.48. The van der Waals surface area contributed by atoms with E-state index in [1.54, 1.807) is 18.2 Å². The molecule has 0 radical (unpaired) electrons. The minimum absolute atomic E-state index is 0.0966. The molecule has 0 spiro atoms. The maximum absolute atomic E-state index is 12.9. The molecule has 1 saturated heterocycles.